The Morgan fingerprint density at radius 3 is 2.62 bits per heavy atom. The van der Waals surface area contributed by atoms with Gasteiger partial charge in [-0.15, -0.1) is 10.2 Å². The van der Waals surface area contributed by atoms with Crippen LogP contribution >= 0.6 is 0 Å². The minimum Gasteiger partial charge on any atom is -0.476 e. The molecule has 0 aromatic carbocycles. The van der Waals surface area contributed by atoms with Gasteiger partial charge in [0.15, 0.2) is 5.69 Å². The third-order valence-electron chi connectivity index (χ3n) is 1.69. The number of carbonyl (C=O) groups is 2. The monoisotopic (exact) mass is 224 g/mol. The summed E-state index contributed by atoms with van der Waals surface area (Å²) in [4.78, 5) is 21.6. The number of hydrogen-bond acceptors (Lipinski definition) is 5. The van der Waals surface area contributed by atoms with Gasteiger partial charge < -0.3 is 15.7 Å². The molecule has 1 amide bonds. The summed E-state index contributed by atoms with van der Waals surface area (Å²) in [5.41, 5.74) is -0.136. The van der Waals surface area contributed by atoms with Gasteiger partial charge in [0, 0.05) is 6.54 Å². The molecule has 7 nitrogen and oxygen atoms in total. The zero-order chi connectivity index (χ0) is 12.0. The molecule has 1 aromatic heterocycles. The Morgan fingerprint density at radius 1 is 1.38 bits per heavy atom. The SMILES string of the molecule is CCNC(=O)CNc1ccc(C(=O)O)nn1. The quantitative estimate of drug-likeness (QED) is 0.635. The van der Waals surface area contributed by atoms with Gasteiger partial charge in [0.25, 0.3) is 0 Å². The van der Waals surface area contributed by atoms with Gasteiger partial charge in [-0.05, 0) is 19.1 Å². The van der Waals surface area contributed by atoms with E-state index in [4.69, 9.17) is 5.11 Å². The van der Waals surface area contributed by atoms with E-state index >= 15 is 0 Å². The summed E-state index contributed by atoms with van der Waals surface area (Å²) in [6, 6.07) is 2.77. The van der Waals surface area contributed by atoms with Gasteiger partial charge in [0.1, 0.15) is 5.82 Å². The lowest BCUT2D eigenvalue weighted by molar-refractivity contribution is -0.119. The van der Waals surface area contributed by atoms with Gasteiger partial charge in [-0.2, -0.15) is 0 Å². The van der Waals surface area contributed by atoms with E-state index in [1.165, 1.54) is 12.1 Å². The molecule has 0 aliphatic heterocycles. The van der Waals surface area contributed by atoms with Crippen molar-refractivity contribution in [3.8, 4) is 0 Å². The predicted molar refractivity (Wildman–Crippen MR) is 56.2 cm³/mol. The van der Waals surface area contributed by atoms with E-state index in [0.717, 1.165) is 0 Å². The van der Waals surface area contributed by atoms with E-state index in [-0.39, 0.29) is 18.1 Å². The molecular formula is C9H12N4O3. The number of anilines is 1. The first-order valence-electron chi connectivity index (χ1n) is 4.71. The standard InChI is InChI=1S/C9H12N4O3/c1-2-10-8(14)5-11-7-4-3-6(9(15)16)12-13-7/h3-4H,2,5H2,1H3,(H,10,14)(H,11,13)(H,15,16). The minimum atomic E-state index is -1.14. The molecule has 3 N–H and O–H groups in total. The molecule has 0 aliphatic carbocycles. The van der Waals surface area contributed by atoms with Crippen molar-refractivity contribution in [3.05, 3.63) is 17.8 Å². The van der Waals surface area contributed by atoms with E-state index in [1.54, 1.807) is 0 Å². The second-order valence-corrected chi connectivity index (χ2v) is 2.92. The average Bonchev–Trinajstić information content (AvgIpc) is 2.27. The Kier molecular flexibility index (Phi) is 4.19. The number of carboxylic acids is 1. The fraction of sp³-hybridized carbons (Fsp3) is 0.333. The van der Waals surface area contributed by atoms with Gasteiger partial charge >= 0.3 is 5.97 Å². The molecule has 0 radical (unpaired) electrons. The molecule has 0 saturated heterocycles. The number of nitrogens with zero attached hydrogens (tertiary/aromatic N) is 2. The number of likely N-dealkylation sites (N-methyl/N-ethyl adjacent to an activating group) is 1. The first kappa shape index (κ1) is 11.9. The Morgan fingerprint density at radius 2 is 2.12 bits per heavy atom. The van der Waals surface area contributed by atoms with E-state index in [1.807, 2.05) is 6.92 Å². The van der Waals surface area contributed by atoms with Crippen LogP contribution in [0.3, 0.4) is 0 Å². The van der Waals surface area contributed by atoms with Crippen molar-refractivity contribution in [2.75, 3.05) is 18.4 Å². The fourth-order valence-electron chi connectivity index (χ4n) is 0.971. The van der Waals surface area contributed by atoms with Gasteiger partial charge in [-0.25, -0.2) is 4.79 Å². The Bertz CT molecular complexity index is 377. The largest absolute Gasteiger partial charge is 0.476 e. The predicted octanol–water partition coefficient (Wildman–Crippen LogP) is -0.277. The van der Waals surface area contributed by atoms with Crippen LogP contribution in [0.25, 0.3) is 0 Å². The summed E-state index contributed by atoms with van der Waals surface area (Å²) < 4.78 is 0. The molecule has 0 spiro atoms. The molecule has 16 heavy (non-hydrogen) atoms. The first-order chi connectivity index (χ1) is 7.63. The molecular weight excluding hydrogens is 212 g/mol. The van der Waals surface area contributed by atoms with E-state index < -0.39 is 5.97 Å². The number of nitrogens with one attached hydrogen (secondary N) is 2. The molecule has 1 heterocycles. The summed E-state index contributed by atoms with van der Waals surface area (Å²) in [6.07, 6.45) is 0. The van der Waals surface area contributed by atoms with Gasteiger partial charge in [0.2, 0.25) is 5.91 Å². The lowest BCUT2D eigenvalue weighted by Gasteiger charge is -2.04. The van der Waals surface area contributed by atoms with Gasteiger partial charge in [-0.1, -0.05) is 0 Å². The first-order valence-corrected chi connectivity index (χ1v) is 4.71. The maximum atomic E-state index is 11.1. The Balaban J connectivity index is 2.49. The molecule has 0 saturated carbocycles. The summed E-state index contributed by atoms with van der Waals surface area (Å²) in [7, 11) is 0. The zero-order valence-electron chi connectivity index (χ0n) is 8.73. The highest BCUT2D eigenvalue weighted by Gasteiger charge is 2.05. The van der Waals surface area contributed by atoms with Crippen molar-refractivity contribution in [2.24, 2.45) is 0 Å². The van der Waals surface area contributed by atoms with Crippen LogP contribution in [0.15, 0.2) is 12.1 Å². The number of rotatable bonds is 5. The van der Waals surface area contributed by atoms with Crippen molar-refractivity contribution in [1.82, 2.24) is 15.5 Å². The summed E-state index contributed by atoms with van der Waals surface area (Å²) in [5, 5.41) is 21.0. The minimum absolute atomic E-state index is 0.0783. The molecule has 0 aliphatic rings. The molecule has 0 unspecified atom stereocenters. The van der Waals surface area contributed by atoms with Gasteiger partial charge in [0.05, 0.1) is 6.54 Å². The summed E-state index contributed by atoms with van der Waals surface area (Å²) in [5.74, 6) is -0.939. The molecule has 1 aromatic rings. The molecule has 0 atom stereocenters. The maximum absolute atomic E-state index is 11.1. The number of aromatic carboxylic acids is 1. The molecule has 0 fully saturated rings. The highest BCUT2D eigenvalue weighted by Crippen LogP contribution is 2.00. The fourth-order valence-corrected chi connectivity index (χ4v) is 0.971. The highest BCUT2D eigenvalue weighted by atomic mass is 16.4. The lowest BCUT2D eigenvalue weighted by atomic mass is 10.4. The molecule has 7 heteroatoms. The topological polar surface area (TPSA) is 104 Å². The third-order valence-corrected chi connectivity index (χ3v) is 1.69. The van der Waals surface area contributed by atoms with Gasteiger partial charge in [-0.3, -0.25) is 4.79 Å². The number of carboxylic acid groups (broad SMARTS) is 1. The van der Waals surface area contributed by atoms with Crippen molar-refractivity contribution in [3.63, 3.8) is 0 Å². The van der Waals surface area contributed by atoms with Crippen molar-refractivity contribution in [1.29, 1.82) is 0 Å². The molecule has 1 rings (SSSR count). The lowest BCUT2D eigenvalue weighted by Crippen LogP contribution is -2.29. The van der Waals surface area contributed by atoms with E-state index in [9.17, 15) is 9.59 Å². The van der Waals surface area contributed by atoms with E-state index in [2.05, 4.69) is 20.8 Å². The van der Waals surface area contributed by atoms with E-state index in [0.29, 0.717) is 12.4 Å². The summed E-state index contributed by atoms with van der Waals surface area (Å²) >= 11 is 0. The number of carbonyl (C=O) groups excluding carboxylic acids is 1. The van der Waals surface area contributed by atoms with Crippen LogP contribution in [-0.2, 0) is 4.79 Å². The van der Waals surface area contributed by atoms with Crippen molar-refractivity contribution in [2.45, 2.75) is 6.92 Å². The van der Waals surface area contributed by atoms with Crippen LogP contribution in [0.1, 0.15) is 17.4 Å². The number of aromatic nitrogens is 2. The maximum Gasteiger partial charge on any atom is 0.356 e. The Labute approximate surface area is 91.9 Å². The van der Waals surface area contributed by atoms with Crippen LogP contribution in [0.4, 0.5) is 5.82 Å². The number of amides is 1. The number of hydrogen-bond donors (Lipinski definition) is 3. The Hall–Kier alpha value is -2.18. The highest BCUT2D eigenvalue weighted by molar-refractivity contribution is 5.85. The van der Waals surface area contributed by atoms with Crippen LogP contribution in [0, 0.1) is 0 Å². The van der Waals surface area contributed by atoms with Crippen LogP contribution in [0.5, 0.6) is 0 Å². The second-order valence-electron chi connectivity index (χ2n) is 2.92. The normalized spacial score (nSPS) is 9.56. The zero-order valence-corrected chi connectivity index (χ0v) is 8.73. The smallest absolute Gasteiger partial charge is 0.356 e. The molecule has 0 bridgehead atoms. The van der Waals surface area contributed by atoms with Crippen LogP contribution in [0.2, 0.25) is 0 Å². The summed E-state index contributed by atoms with van der Waals surface area (Å²) in [6.45, 7) is 2.46. The van der Waals surface area contributed by atoms with Crippen LogP contribution in [-0.4, -0.2) is 40.3 Å². The second kappa shape index (κ2) is 5.64. The molecule has 86 valence electrons. The van der Waals surface area contributed by atoms with Crippen molar-refractivity contribution >= 4 is 17.7 Å². The average molecular weight is 224 g/mol. The van der Waals surface area contributed by atoms with Crippen LogP contribution < -0.4 is 10.6 Å². The third kappa shape index (κ3) is 3.52. The van der Waals surface area contributed by atoms with Crippen molar-refractivity contribution < 1.29 is 14.7 Å².